The number of halogens is 4. The highest BCUT2D eigenvalue weighted by atomic mass is 19.4. The molecule has 2 N–H and O–H groups in total. The highest BCUT2D eigenvalue weighted by Crippen LogP contribution is 2.30. The molecule has 0 radical (unpaired) electrons. The monoisotopic (exact) mass is 446 g/mol. The van der Waals surface area contributed by atoms with Gasteiger partial charge in [-0.2, -0.15) is 13.2 Å². The Balaban J connectivity index is 1.73. The smallest absolute Gasteiger partial charge is 0.382 e. The summed E-state index contributed by atoms with van der Waals surface area (Å²) in [6, 6.07) is 3.90. The Morgan fingerprint density at radius 1 is 1.22 bits per heavy atom. The zero-order chi connectivity index (χ0) is 23.2. The minimum absolute atomic E-state index is 0.172. The van der Waals surface area contributed by atoms with Gasteiger partial charge in [0.2, 0.25) is 0 Å². The van der Waals surface area contributed by atoms with Gasteiger partial charge in [-0.3, -0.25) is 14.2 Å². The molecule has 1 amide bonds. The molecule has 0 saturated heterocycles. The predicted octanol–water partition coefficient (Wildman–Crippen LogP) is 4.24. The SMILES string of the molecule is CCN(C(=O)c1cc2c(cc1F)nc(N)c1cncn12)[C@@H](C)c1ccc(C(F)(F)F)cn1. The third-order valence-corrected chi connectivity index (χ3v) is 5.31. The number of pyridine rings is 1. The summed E-state index contributed by atoms with van der Waals surface area (Å²) in [5, 5.41) is 0. The molecule has 0 aliphatic heterocycles. The topological polar surface area (TPSA) is 89.4 Å². The van der Waals surface area contributed by atoms with E-state index in [2.05, 4.69) is 15.0 Å². The second-order valence-corrected chi connectivity index (χ2v) is 7.20. The number of nitrogens with zero attached hydrogens (tertiary/aromatic N) is 5. The van der Waals surface area contributed by atoms with Crippen LogP contribution in [0.3, 0.4) is 0 Å². The first-order valence-corrected chi connectivity index (χ1v) is 9.66. The summed E-state index contributed by atoms with van der Waals surface area (Å²) < 4.78 is 54.9. The molecule has 0 bridgehead atoms. The molecule has 11 heteroatoms. The van der Waals surface area contributed by atoms with Gasteiger partial charge >= 0.3 is 6.18 Å². The van der Waals surface area contributed by atoms with Crippen LogP contribution in [-0.2, 0) is 6.18 Å². The van der Waals surface area contributed by atoms with Gasteiger partial charge in [0.1, 0.15) is 17.2 Å². The largest absolute Gasteiger partial charge is 0.417 e. The number of carbonyl (C=O) groups is 1. The van der Waals surface area contributed by atoms with Crippen molar-refractivity contribution in [3.63, 3.8) is 0 Å². The van der Waals surface area contributed by atoms with Crippen LogP contribution in [0.15, 0.2) is 43.0 Å². The number of hydrogen-bond donors (Lipinski definition) is 1. The predicted molar refractivity (Wildman–Crippen MR) is 109 cm³/mol. The van der Waals surface area contributed by atoms with Crippen LogP contribution in [0.4, 0.5) is 23.4 Å². The summed E-state index contributed by atoms with van der Waals surface area (Å²) in [5.74, 6) is -1.25. The molecule has 3 heterocycles. The molecule has 0 aliphatic carbocycles. The number of nitrogen functional groups attached to an aromatic ring is 1. The van der Waals surface area contributed by atoms with Gasteiger partial charge in [0, 0.05) is 18.8 Å². The van der Waals surface area contributed by atoms with Crippen molar-refractivity contribution in [3.05, 3.63) is 65.6 Å². The van der Waals surface area contributed by atoms with Gasteiger partial charge in [0.15, 0.2) is 0 Å². The molecule has 0 aliphatic rings. The number of carbonyl (C=O) groups excluding carboxylic acids is 1. The fourth-order valence-corrected chi connectivity index (χ4v) is 3.59. The van der Waals surface area contributed by atoms with Gasteiger partial charge in [0.05, 0.1) is 46.4 Å². The zero-order valence-corrected chi connectivity index (χ0v) is 17.1. The zero-order valence-electron chi connectivity index (χ0n) is 17.1. The number of hydrogen-bond acceptors (Lipinski definition) is 5. The van der Waals surface area contributed by atoms with E-state index < -0.39 is 29.5 Å². The number of amides is 1. The summed E-state index contributed by atoms with van der Waals surface area (Å²) in [6.07, 6.45) is -0.816. The molecule has 0 saturated carbocycles. The Morgan fingerprint density at radius 2 is 1.97 bits per heavy atom. The van der Waals surface area contributed by atoms with Crippen LogP contribution in [0.1, 0.15) is 41.5 Å². The molecule has 0 unspecified atom stereocenters. The van der Waals surface area contributed by atoms with Crippen molar-refractivity contribution in [1.82, 2.24) is 24.3 Å². The van der Waals surface area contributed by atoms with Crippen LogP contribution in [0.5, 0.6) is 0 Å². The molecule has 166 valence electrons. The lowest BCUT2D eigenvalue weighted by atomic mass is 10.1. The molecule has 3 aromatic heterocycles. The van der Waals surface area contributed by atoms with Crippen molar-refractivity contribution in [2.24, 2.45) is 0 Å². The van der Waals surface area contributed by atoms with Crippen LogP contribution < -0.4 is 5.73 Å². The van der Waals surface area contributed by atoms with E-state index in [0.717, 1.165) is 12.1 Å². The number of rotatable bonds is 4. The van der Waals surface area contributed by atoms with Crippen LogP contribution in [0.25, 0.3) is 16.6 Å². The number of alkyl halides is 3. The summed E-state index contributed by atoms with van der Waals surface area (Å²) in [4.78, 5) is 26.6. The molecule has 32 heavy (non-hydrogen) atoms. The second kappa shape index (κ2) is 7.74. The van der Waals surface area contributed by atoms with Crippen molar-refractivity contribution >= 4 is 28.3 Å². The van der Waals surface area contributed by atoms with E-state index in [1.165, 1.54) is 29.6 Å². The van der Waals surface area contributed by atoms with Crippen molar-refractivity contribution in [1.29, 1.82) is 0 Å². The standard InChI is InChI=1S/C21H18F4N6O/c1-3-30(11(2)15-5-4-12(8-28-15)21(23,24)25)20(32)13-6-17-16(7-14(13)22)29-19(26)18-9-27-10-31(17)18/h4-11H,3H2,1-2H3,(H2,26,29)/t11-/m0/s1. The lowest BCUT2D eigenvalue weighted by molar-refractivity contribution is -0.137. The maximum absolute atomic E-state index is 14.9. The lowest BCUT2D eigenvalue weighted by Gasteiger charge is -2.28. The molecule has 1 aromatic carbocycles. The van der Waals surface area contributed by atoms with E-state index in [9.17, 15) is 22.4 Å². The Labute approximate surface area is 179 Å². The summed E-state index contributed by atoms with van der Waals surface area (Å²) in [6.45, 7) is 3.49. The highest BCUT2D eigenvalue weighted by molar-refractivity contribution is 5.98. The number of benzene rings is 1. The maximum atomic E-state index is 14.9. The molecule has 4 rings (SSSR count). The second-order valence-electron chi connectivity index (χ2n) is 7.20. The third kappa shape index (κ3) is 3.59. The number of imidazole rings is 1. The van der Waals surface area contributed by atoms with E-state index in [4.69, 9.17) is 5.73 Å². The van der Waals surface area contributed by atoms with Crippen LogP contribution in [0, 0.1) is 5.82 Å². The fourth-order valence-electron chi connectivity index (χ4n) is 3.59. The Hall–Kier alpha value is -3.76. The molecule has 7 nitrogen and oxygen atoms in total. The molecule has 1 atom stereocenters. The molecule has 0 spiro atoms. The molecular weight excluding hydrogens is 428 g/mol. The highest BCUT2D eigenvalue weighted by Gasteiger charge is 2.31. The third-order valence-electron chi connectivity index (χ3n) is 5.31. The van der Waals surface area contributed by atoms with Crippen LogP contribution >= 0.6 is 0 Å². The minimum atomic E-state index is -4.51. The number of fused-ring (bicyclic) bond motifs is 3. The minimum Gasteiger partial charge on any atom is -0.382 e. The van der Waals surface area contributed by atoms with Gasteiger partial charge in [-0.05, 0) is 32.0 Å². The molecule has 0 fully saturated rings. The van der Waals surface area contributed by atoms with Crippen molar-refractivity contribution < 1.29 is 22.4 Å². The van der Waals surface area contributed by atoms with Gasteiger partial charge in [-0.15, -0.1) is 0 Å². The quantitative estimate of drug-likeness (QED) is 0.474. The molecule has 4 aromatic rings. The van der Waals surface area contributed by atoms with E-state index in [0.29, 0.717) is 17.2 Å². The van der Waals surface area contributed by atoms with Crippen molar-refractivity contribution in [2.45, 2.75) is 26.1 Å². The van der Waals surface area contributed by atoms with Crippen LogP contribution in [-0.4, -0.2) is 36.7 Å². The summed E-state index contributed by atoms with van der Waals surface area (Å²) in [5.41, 5.74) is 6.23. The molecular formula is C21H18F4N6O. The van der Waals surface area contributed by atoms with Gasteiger partial charge < -0.3 is 10.6 Å². The van der Waals surface area contributed by atoms with E-state index in [1.54, 1.807) is 18.2 Å². The van der Waals surface area contributed by atoms with E-state index in [1.807, 2.05) is 0 Å². The van der Waals surface area contributed by atoms with Gasteiger partial charge in [-0.25, -0.2) is 14.4 Å². The summed E-state index contributed by atoms with van der Waals surface area (Å²) >= 11 is 0. The first-order chi connectivity index (χ1) is 15.1. The Morgan fingerprint density at radius 3 is 2.59 bits per heavy atom. The fraction of sp³-hybridized carbons (Fsp3) is 0.238. The Bertz CT molecular complexity index is 1320. The number of nitrogens with two attached hydrogens (primary N) is 1. The van der Waals surface area contributed by atoms with E-state index >= 15 is 0 Å². The Kier molecular flexibility index (Phi) is 5.19. The van der Waals surface area contributed by atoms with Gasteiger partial charge in [-0.1, -0.05) is 0 Å². The van der Waals surface area contributed by atoms with Gasteiger partial charge in [0.25, 0.3) is 5.91 Å². The van der Waals surface area contributed by atoms with Crippen molar-refractivity contribution in [2.75, 3.05) is 12.3 Å². The van der Waals surface area contributed by atoms with E-state index in [-0.39, 0.29) is 29.1 Å². The first kappa shape index (κ1) is 21.5. The average molecular weight is 446 g/mol. The first-order valence-electron chi connectivity index (χ1n) is 9.66. The average Bonchev–Trinajstić information content (AvgIpc) is 3.24. The van der Waals surface area contributed by atoms with Crippen molar-refractivity contribution in [3.8, 4) is 0 Å². The summed E-state index contributed by atoms with van der Waals surface area (Å²) in [7, 11) is 0. The lowest BCUT2D eigenvalue weighted by Crippen LogP contribution is -2.34. The normalized spacial score (nSPS) is 12.9. The number of anilines is 1. The maximum Gasteiger partial charge on any atom is 0.417 e. The van der Waals surface area contributed by atoms with Crippen LogP contribution in [0.2, 0.25) is 0 Å². The number of aromatic nitrogens is 4.